The fourth-order valence-corrected chi connectivity index (χ4v) is 2.75. The van der Waals surface area contributed by atoms with Gasteiger partial charge in [-0.15, -0.1) is 0 Å². The fourth-order valence-electron chi connectivity index (χ4n) is 2.34. The lowest BCUT2D eigenvalue weighted by atomic mass is 10.1. The number of hydrogen-bond donors (Lipinski definition) is 3. The Labute approximate surface area is 158 Å². The molecule has 0 saturated heterocycles. The molecule has 0 aliphatic heterocycles. The predicted octanol–water partition coefficient (Wildman–Crippen LogP) is 3.41. The average molecular weight is 426 g/mol. The van der Waals surface area contributed by atoms with Crippen LogP contribution in [0.15, 0.2) is 40.9 Å². The molecule has 26 heavy (non-hydrogen) atoms. The zero-order valence-corrected chi connectivity index (χ0v) is 15.6. The van der Waals surface area contributed by atoms with Crippen LogP contribution in [0.4, 0.5) is 8.78 Å². The van der Waals surface area contributed by atoms with Gasteiger partial charge in [-0.3, -0.25) is 10.2 Å². The molecule has 0 bridgehead atoms. The Morgan fingerprint density at radius 1 is 1.27 bits per heavy atom. The summed E-state index contributed by atoms with van der Waals surface area (Å²) in [5.41, 5.74) is 6.26. The highest BCUT2D eigenvalue weighted by Gasteiger charge is 2.28. The van der Waals surface area contributed by atoms with Gasteiger partial charge in [0.15, 0.2) is 6.10 Å². The molecule has 0 aromatic heterocycles. The molecule has 0 saturated carbocycles. The maximum Gasteiger partial charge on any atom is 0.254 e. The third-order valence-electron chi connectivity index (χ3n) is 3.61. The lowest BCUT2D eigenvalue weighted by Gasteiger charge is -2.19. The lowest BCUT2D eigenvalue weighted by molar-refractivity contribution is -0.133. The molecule has 1 amide bonds. The Hall–Kier alpha value is -2.32. The molecule has 0 radical (unpaired) electrons. The summed E-state index contributed by atoms with van der Waals surface area (Å²) in [5, 5.41) is 9.95. The molecule has 0 spiro atoms. The summed E-state index contributed by atoms with van der Waals surface area (Å²) in [6, 6.07) is 8.87. The molecular formula is C18H18BrF2N3O2. The SMILES string of the molecule is CCO[C@@H](C(=O)NCc1ccc(C(=N)N)cc1)c1c(F)cc(Br)cc1F. The van der Waals surface area contributed by atoms with E-state index in [1.165, 1.54) is 0 Å². The smallest absolute Gasteiger partial charge is 0.254 e. The normalized spacial score (nSPS) is 11.8. The number of nitrogen functional groups attached to an aromatic ring is 1. The third-order valence-corrected chi connectivity index (χ3v) is 4.07. The van der Waals surface area contributed by atoms with Crippen LogP contribution in [0.2, 0.25) is 0 Å². The number of ether oxygens (including phenoxy) is 1. The van der Waals surface area contributed by atoms with Crippen LogP contribution in [0.1, 0.15) is 29.7 Å². The number of rotatable bonds is 7. The predicted molar refractivity (Wildman–Crippen MR) is 97.7 cm³/mol. The molecule has 0 fully saturated rings. The minimum absolute atomic E-state index is 0.0572. The first kappa shape index (κ1) is 20.0. The van der Waals surface area contributed by atoms with Gasteiger partial charge in [0.25, 0.3) is 5.91 Å². The van der Waals surface area contributed by atoms with Crippen molar-refractivity contribution in [2.45, 2.75) is 19.6 Å². The molecule has 2 aromatic carbocycles. The van der Waals surface area contributed by atoms with Crippen molar-refractivity contribution < 1.29 is 18.3 Å². The summed E-state index contributed by atoms with van der Waals surface area (Å²) < 4.78 is 33.8. The number of amidine groups is 1. The molecule has 0 heterocycles. The molecule has 8 heteroatoms. The fraction of sp³-hybridized carbons (Fsp3) is 0.222. The Bertz CT molecular complexity index is 790. The molecule has 2 aromatic rings. The number of amides is 1. The number of benzene rings is 2. The number of nitrogens with one attached hydrogen (secondary N) is 2. The maximum absolute atomic E-state index is 14.2. The van der Waals surface area contributed by atoms with E-state index in [9.17, 15) is 13.6 Å². The van der Waals surface area contributed by atoms with E-state index in [2.05, 4.69) is 21.2 Å². The minimum atomic E-state index is -1.40. The van der Waals surface area contributed by atoms with Gasteiger partial charge in [0, 0.05) is 23.2 Å². The topological polar surface area (TPSA) is 88.2 Å². The zero-order valence-electron chi connectivity index (χ0n) is 14.0. The number of hydrogen-bond acceptors (Lipinski definition) is 3. The van der Waals surface area contributed by atoms with Crippen LogP contribution in [0.25, 0.3) is 0 Å². The molecule has 0 aliphatic rings. The zero-order chi connectivity index (χ0) is 19.3. The highest BCUT2D eigenvalue weighted by atomic mass is 79.9. The summed E-state index contributed by atoms with van der Waals surface area (Å²) in [6.45, 7) is 1.89. The molecule has 2 rings (SSSR count). The maximum atomic E-state index is 14.2. The van der Waals surface area contributed by atoms with Gasteiger partial charge < -0.3 is 15.8 Å². The van der Waals surface area contributed by atoms with Gasteiger partial charge in [-0.05, 0) is 24.6 Å². The van der Waals surface area contributed by atoms with Gasteiger partial charge in [-0.2, -0.15) is 0 Å². The van der Waals surface area contributed by atoms with E-state index in [4.69, 9.17) is 15.9 Å². The summed E-state index contributed by atoms with van der Waals surface area (Å²) in [4.78, 5) is 12.4. The van der Waals surface area contributed by atoms with E-state index >= 15 is 0 Å². The van der Waals surface area contributed by atoms with Gasteiger partial charge in [-0.1, -0.05) is 40.2 Å². The standard InChI is InChI=1S/C18H18BrF2N3O2/c1-2-26-16(15-13(20)7-12(19)8-14(15)21)18(25)24-9-10-3-5-11(6-4-10)17(22)23/h3-8,16H,2,9H2,1H3,(H3,22,23)(H,24,25)/t16-/m1/s1. The van der Waals surface area contributed by atoms with Crippen LogP contribution in [0.5, 0.6) is 0 Å². The molecular weight excluding hydrogens is 408 g/mol. The molecule has 4 N–H and O–H groups in total. The highest BCUT2D eigenvalue weighted by molar-refractivity contribution is 9.10. The van der Waals surface area contributed by atoms with Crippen molar-refractivity contribution in [3.05, 3.63) is 69.2 Å². The molecule has 138 valence electrons. The van der Waals surface area contributed by atoms with Crippen molar-refractivity contribution in [2.75, 3.05) is 6.61 Å². The van der Waals surface area contributed by atoms with Crippen molar-refractivity contribution in [1.82, 2.24) is 5.32 Å². The van der Waals surface area contributed by atoms with Crippen molar-refractivity contribution in [1.29, 1.82) is 5.41 Å². The highest BCUT2D eigenvalue weighted by Crippen LogP contribution is 2.27. The Balaban J connectivity index is 2.15. The van der Waals surface area contributed by atoms with E-state index in [1.807, 2.05) is 0 Å². The van der Waals surface area contributed by atoms with E-state index < -0.39 is 29.2 Å². The average Bonchev–Trinajstić information content (AvgIpc) is 2.58. The van der Waals surface area contributed by atoms with E-state index in [-0.39, 0.29) is 23.5 Å². The molecule has 5 nitrogen and oxygen atoms in total. The second-order valence-corrected chi connectivity index (χ2v) is 6.36. The van der Waals surface area contributed by atoms with Gasteiger partial charge in [0.2, 0.25) is 0 Å². The third kappa shape index (κ3) is 4.86. The van der Waals surface area contributed by atoms with Gasteiger partial charge in [-0.25, -0.2) is 8.78 Å². The quantitative estimate of drug-likeness (QED) is 0.469. The van der Waals surface area contributed by atoms with Crippen LogP contribution in [-0.2, 0) is 16.1 Å². The summed E-state index contributed by atoms with van der Waals surface area (Å²) in [6.07, 6.45) is -1.40. The second-order valence-electron chi connectivity index (χ2n) is 5.45. The monoisotopic (exact) mass is 425 g/mol. The number of halogens is 3. The van der Waals surface area contributed by atoms with Gasteiger partial charge in [0.1, 0.15) is 17.5 Å². The Kier molecular flexibility index (Phi) is 6.82. The van der Waals surface area contributed by atoms with E-state index in [0.717, 1.165) is 17.7 Å². The van der Waals surface area contributed by atoms with E-state index in [0.29, 0.717) is 5.56 Å². The van der Waals surface area contributed by atoms with Crippen LogP contribution >= 0.6 is 15.9 Å². The Morgan fingerprint density at radius 2 is 1.85 bits per heavy atom. The summed E-state index contributed by atoms with van der Waals surface area (Å²) >= 11 is 3.00. The largest absolute Gasteiger partial charge is 0.384 e. The molecule has 1 atom stereocenters. The van der Waals surface area contributed by atoms with Gasteiger partial charge in [0.05, 0.1) is 5.56 Å². The second kappa shape index (κ2) is 8.86. The van der Waals surface area contributed by atoms with Crippen molar-refractivity contribution in [3.8, 4) is 0 Å². The van der Waals surface area contributed by atoms with Crippen molar-refractivity contribution in [2.24, 2.45) is 5.73 Å². The Morgan fingerprint density at radius 3 is 2.35 bits per heavy atom. The number of carbonyl (C=O) groups is 1. The van der Waals surface area contributed by atoms with Crippen LogP contribution in [-0.4, -0.2) is 18.3 Å². The minimum Gasteiger partial charge on any atom is -0.384 e. The van der Waals surface area contributed by atoms with Crippen molar-refractivity contribution >= 4 is 27.7 Å². The van der Waals surface area contributed by atoms with E-state index in [1.54, 1.807) is 31.2 Å². The molecule has 0 unspecified atom stereocenters. The van der Waals surface area contributed by atoms with Crippen molar-refractivity contribution in [3.63, 3.8) is 0 Å². The van der Waals surface area contributed by atoms with Crippen LogP contribution < -0.4 is 11.1 Å². The molecule has 0 aliphatic carbocycles. The summed E-state index contributed by atoms with van der Waals surface area (Å²) in [7, 11) is 0. The van der Waals surface area contributed by atoms with Crippen LogP contribution in [0, 0.1) is 17.0 Å². The van der Waals surface area contributed by atoms with Gasteiger partial charge >= 0.3 is 0 Å². The number of nitrogens with two attached hydrogens (primary N) is 1. The number of carbonyl (C=O) groups excluding carboxylic acids is 1. The van der Waals surface area contributed by atoms with Crippen LogP contribution in [0.3, 0.4) is 0 Å². The first-order valence-corrected chi connectivity index (χ1v) is 8.59. The summed E-state index contributed by atoms with van der Waals surface area (Å²) in [5.74, 6) is -2.44. The first-order chi connectivity index (χ1) is 12.3. The first-order valence-electron chi connectivity index (χ1n) is 7.80. The lowest BCUT2D eigenvalue weighted by Crippen LogP contribution is -2.31.